The maximum Gasteiger partial charge on any atom is 1.00 e. The third kappa shape index (κ3) is 9.13. The molecule has 0 aromatic rings. The average molecular weight is 147 g/mol. The molecule has 0 saturated heterocycles. The molecule has 0 bridgehead atoms. The third-order valence-corrected chi connectivity index (χ3v) is 0. The van der Waals surface area contributed by atoms with Gasteiger partial charge in [0.25, 0.3) is 0 Å². The summed E-state index contributed by atoms with van der Waals surface area (Å²) in [5, 5.41) is 0. The van der Waals surface area contributed by atoms with E-state index < -0.39 is 0 Å². The normalized spacial score (nSPS) is 1.00. The van der Waals surface area contributed by atoms with Crippen LogP contribution in [0.25, 0.3) is 0 Å². The molecule has 2 heteroatoms. The van der Waals surface area contributed by atoms with E-state index in [0.717, 1.165) is 0 Å². The monoisotopic (exact) mass is 146 g/mol. The van der Waals surface area contributed by atoms with E-state index in [2.05, 4.69) is 13.2 Å². The fourth-order valence-electron chi connectivity index (χ4n) is 0. The topological polar surface area (TPSA) is 0 Å². The van der Waals surface area contributed by atoms with Crippen molar-refractivity contribution >= 4 is 0 Å². The Labute approximate surface area is 79.8 Å². The second-order valence-electron chi connectivity index (χ2n) is 0. The zero-order valence-electron chi connectivity index (χ0n) is 2.79. The van der Waals surface area contributed by atoms with Gasteiger partial charge in [-0.15, -0.1) is 13.2 Å². The zero-order chi connectivity index (χ0) is 2.00. The fourth-order valence-corrected chi connectivity index (χ4v) is 0. The van der Waals surface area contributed by atoms with Gasteiger partial charge >= 0.3 is 51.4 Å². The van der Waals surface area contributed by atoms with Gasteiger partial charge in [0.1, 0.15) is 0 Å². The van der Waals surface area contributed by atoms with Gasteiger partial charge in [0.2, 0.25) is 0 Å². The van der Waals surface area contributed by atoms with Crippen molar-refractivity contribution < 1.29 is 68.4 Å². The van der Waals surface area contributed by atoms with Crippen molar-refractivity contribution in [3.63, 3.8) is 0 Å². The summed E-state index contributed by atoms with van der Waals surface area (Å²) in [6, 6.07) is 0. The van der Waals surface area contributed by atoms with Gasteiger partial charge in [-0.05, 0) is 0 Å². The summed E-state index contributed by atoms with van der Waals surface area (Å²) in [5.74, 6) is 0. The molecule has 0 radical (unpaired) electrons. The first kappa shape index (κ1) is 16.9. The molecular formula is C2H4BrK. The van der Waals surface area contributed by atoms with Crippen molar-refractivity contribution in [3.8, 4) is 0 Å². The van der Waals surface area contributed by atoms with Crippen LogP contribution in [0.4, 0.5) is 0 Å². The summed E-state index contributed by atoms with van der Waals surface area (Å²) in [4.78, 5) is 0. The summed E-state index contributed by atoms with van der Waals surface area (Å²) in [6.45, 7) is 6.00. The Morgan fingerprint density at radius 3 is 1.00 bits per heavy atom. The van der Waals surface area contributed by atoms with Gasteiger partial charge in [0.15, 0.2) is 0 Å². The maximum atomic E-state index is 3.00. The Hall–Kier alpha value is 1.86. The van der Waals surface area contributed by atoms with Gasteiger partial charge in [0.05, 0.1) is 0 Å². The molecule has 0 atom stereocenters. The van der Waals surface area contributed by atoms with Crippen molar-refractivity contribution in [2.45, 2.75) is 0 Å². The van der Waals surface area contributed by atoms with Gasteiger partial charge in [-0.1, -0.05) is 0 Å². The first-order chi connectivity index (χ1) is 1.00. The Morgan fingerprint density at radius 2 is 1.00 bits per heavy atom. The zero-order valence-corrected chi connectivity index (χ0v) is 7.50. The number of rotatable bonds is 0. The van der Waals surface area contributed by atoms with E-state index in [1.807, 2.05) is 0 Å². The summed E-state index contributed by atoms with van der Waals surface area (Å²) in [5.41, 5.74) is 0. The van der Waals surface area contributed by atoms with Crippen LogP contribution in [0.15, 0.2) is 13.2 Å². The first-order valence-electron chi connectivity index (χ1n) is 0.500. The molecule has 0 aromatic carbocycles. The molecule has 0 aliphatic rings. The van der Waals surface area contributed by atoms with E-state index in [4.69, 9.17) is 0 Å². The molecule has 20 valence electrons. The van der Waals surface area contributed by atoms with Crippen LogP contribution >= 0.6 is 0 Å². The second-order valence-corrected chi connectivity index (χ2v) is 0. The number of hydrogen-bond donors (Lipinski definition) is 0. The minimum Gasteiger partial charge on any atom is -1.00 e. The molecule has 0 amide bonds. The SMILES string of the molecule is C=C.[Br-].[K+]. The molecular weight excluding hydrogens is 143 g/mol. The smallest absolute Gasteiger partial charge is 1.00 e. The summed E-state index contributed by atoms with van der Waals surface area (Å²) >= 11 is 0. The molecule has 0 nitrogen and oxygen atoms in total. The van der Waals surface area contributed by atoms with E-state index >= 15 is 0 Å². The predicted molar refractivity (Wildman–Crippen MR) is 11.3 cm³/mol. The summed E-state index contributed by atoms with van der Waals surface area (Å²) in [7, 11) is 0. The van der Waals surface area contributed by atoms with Gasteiger partial charge < -0.3 is 17.0 Å². The molecule has 0 spiro atoms. The minimum atomic E-state index is 0. The van der Waals surface area contributed by atoms with Gasteiger partial charge in [-0.25, -0.2) is 0 Å². The minimum absolute atomic E-state index is 0. The van der Waals surface area contributed by atoms with Crippen molar-refractivity contribution in [2.75, 3.05) is 0 Å². The van der Waals surface area contributed by atoms with E-state index in [9.17, 15) is 0 Å². The van der Waals surface area contributed by atoms with E-state index in [-0.39, 0.29) is 68.4 Å². The van der Waals surface area contributed by atoms with E-state index in [1.165, 1.54) is 0 Å². The Morgan fingerprint density at radius 1 is 1.00 bits per heavy atom. The van der Waals surface area contributed by atoms with Gasteiger partial charge in [0, 0.05) is 0 Å². The van der Waals surface area contributed by atoms with E-state index in [1.54, 1.807) is 0 Å². The third-order valence-electron chi connectivity index (χ3n) is 0. The largest absolute Gasteiger partial charge is 1.00 e. The van der Waals surface area contributed by atoms with Crippen LogP contribution < -0.4 is 68.4 Å². The van der Waals surface area contributed by atoms with Crippen LogP contribution in [0.5, 0.6) is 0 Å². The van der Waals surface area contributed by atoms with Crippen LogP contribution in [0.1, 0.15) is 0 Å². The quantitative estimate of drug-likeness (QED) is 0.237. The maximum absolute atomic E-state index is 3.00. The Bertz CT molecular complexity index is 6.00. The molecule has 0 aromatic heterocycles. The Kier molecular flexibility index (Phi) is 88.7. The van der Waals surface area contributed by atoms with Crippen LogP contribution in [0.2, 0.25) is 0 Å². The van der Waals surface area contributed by atoms with Crippen LogP contribution in [0, 0.1) is 0 Å². The average Bonchev–Trinajstić information content (AvgIpc) is 1.00. The molecule has 0 aliphatic heterocycles. The standard InChI is InChI=1S/C2H4.BrH.K/c1-2;;/h1-2H2;1H;/q;;+1/p-1. The van der Waals surface area contributed by atoms with E-state index in [0.29, 0.717) is 0 Å². The molecule has 0 unspecified atom stereocenters. The molecule has 0 saturated carbocycles. The number of halogens is 1. The summed E-state index contributed by atoms with van der Waals surface area (Å²) < 4.78 is 0. The van der Waals surface area contributed by atoms with Crippen molar-refractivity contribution in [1.29, 1.82) is 0 Å². The predicted octanol–water partition coefficient (Wildman–Crippen LogP) is -5.19. The second kappa shape index (κ2) is 21.0. The molecule has 0 rings (SSSR count). The molecule has 4 heavy (non-hydrogen) atoms. The van der Waals surface area contributed by atoms with Crippen molar-refractivity contribution in [2.24, 2.45) is 0 Å². The van der Waals surface area contributed by atoms with Crippen molar-refractivity contribution in [3.05, 3.63) is 13.2 Å². The van der Waals surface area contributed by atoms with Crippen molar-refractivity contribution in [1.82, 2.24) is 0 Å². The number of hydrogen-bond acceptors (Lipinski definition) is 0. The summed E-state index contributed by atoms with van der Waals surface area (Å²) in [6.07, 6.45) is 0. The van der Waals surface area contributed by atoms with Gasteiger partial charge in [-0.2, -0.15) is 0 Å². The van der Waals surface area contributed by atoms with Crippen LogP contribution in [-0.2, 0) is 0 Å². The Balaban J connectivity index is -0.00000000500. The van der Waals surface area contributed by atoms with Crippen LogP contribution in [-0.4, -0.2) is 0 Å². The molecule has 0 aliphatic carbocycles. The fraction of sp³-hybridized carbons (Fsp3) is 0. The molecule has 0 fully saturated rings. The van der Waals surface area contributed by atoms with Crippen LogP contribution in [0.3, 0.4) is 0 Å². The molecule has 0 heterocycles. The van der Waals surface area contributed by atoms with Gasteiger partial charge in [-0.3, -0.25) is 0 Å². The first-order valence-corrected chi connectivity index (χ1v) is 0.500. The molecule has 0 N–H and O–H groups in total.